The van der Waals surface area contributed by atoms with Crippen LogP contribution in [0.5, 0.6) is 0 Å². The summed E-state index contributed by atoms with van der Waals surface area (Å²) < 4.78 is 4.91. The van der Waals surface area contributed by atoms with E-state index >= 15 is 0 Å². The van der Waals surface area contributed by atoms with Crippen LogP contribution >= 0.6 is 0 Å². The quantitative estimate of drug-likeness (QED) is 0.790. The molecule has 0 saturated carbocycles. The molecule has 1 aliphatic heterocycles. The van der Waals surface area contributed by atoms with Crippen molar-refractivity contribution in [2.75, 3.05) is 19.7 Å². The molecule has 0 bridgehead atoms. The second-order valence-corrected chi connectivity index (χ2v) is 5.42. The van der Waals surface area contributed by atoms with E-state index in [1.807, 2.05) is 30.3 Å². The van der Waals surface area contributed by atoms with Crippen LogP contribution in [0.4, 0.5) is 4.79 Å². The van der Waals surface area contributed by atoms with Crippen LogP contribution in [0.3, 0.4) is 0 Å². The third-order valence-electron chi connectivity index (χ3n) is 3.73. The molecule has 0 aliphatic carbocycles. The van der Waals surface area contributed by atoms with E-state index in [0.29, 0.717) is 25.2 Å². The van der Waals surface area contributed by atoms with Crippen molar-refractivity contribution in [2.24, 2.45) is 0 Å². The van der Waals surface area contributed by atoms with Gasteiger partial charge < -0.3 is 4.74 Å². The number of carbonyl (C=O) groups excluding carboxylic acids is 2. The molecule has 2 amide bonds. The molecule has 1 aliphatic rings. The minimum Gasteiger partial charge on any atom is -0.435 e. The number of aromatic nitrogens is 3. The van der Waals surface area contributed by atoms with E-state index in [0.717, 1.165) is 5.69 Å². The summed E-state index contributed by atoms with van der Waals surface area (Å²) in [5, 5.41) is 11.1. The molecule has 1 aromatic heterocycles. The van der Waals surface area contributed by atoms with Gasteiger partial charge in [0.25, 0.3) is 5.91 Å². The monoisotopic (exact) mass is 339 g/mol. The van der Waals surface area contributed by atoms with Crippen LogP contribution in [0.15, 0.2) is 30.3 Å². The summed E-state index contributed by atoms with van der Waals surface area (Å²) in [5.74, 6) is 1.84. The molecule has 0 spiro atoms. The van der Waals surface area contributed by atoms with Crippen molar-refractivity contribution >= 4 is 12.0 Å². The average Bonchev–Trinajstić information content (AvgIpc) is 3.27. The fraction of sp³-hybridized carbons (Fsp3) is 0.294. The van der Waals surface area contributed by atoms with Gasteiger partial charge in [-0.1, -0.05) is 24.1 Å². The Balaban J connectivity index is 1.82. The molecule has 1 aromatic carbocycles. The number of hydrogen-bond acceptors (Lipinski definition) is 5. The summed E-state index contributed by atoms with van der Waals surface area (Å²) in [6.07, 6.45) is 5.11. The number of benzene rings is 1. The lowest BCUT2D eigenvalue weighted by atomic mass is 10.3. The van der Waals surface area contributed by atoms with E-state index in [1.165, 1.54) is 14.8 Å². The maximum Gasteiger partial charge on any atom is 0.429 e. The topological polar surface area (TPSA) is 80.6 Å². The molecule has 0 radical (unpaired) electrons. The predicted molar refractivity (Wildman–Crippen MR) is 88.6 cm³/mol. The van der Waals surface area contributed by atoms with Crippen LogP contribution in [0.1, 0.15) is 22.6 Å². The third-order valence-corrected chi connectivity index (χ3v) is 3.73. The van der Waals surface area contributed by atoms with E-state index < -0.39 is 12.0 Å². The second kappa shape index (κ2) is 7.05. The Morgan fingerprint density at radius 1 is 1.20 bits per heavy atom. The molecule has 2 aromatic rings. The normalized spacial score (nSPS) is 13.6. The summed E-state index contributed by atoms with van der Waals surface area (Å²) >= 11 is 0. The largest absolute Gasteiger partial charge is 0.435 e. The van der Waals surface area contributed by atoms with Crippen molar-refractivity contribution in [1.82, 2.24) is 25.0 Å². The molecule has 1 fully saturated rings. The molecule has 0 N–H and O–H groups in total. The molecule has 8 nitrogen and oxygen atoms in total. The SMILES string of the molecule is C#CCOC(=O)N1CCCN1C(=O)c1nn(-c2ccccc2)nc1C. The van der Waals surface area contributed by atoms with Gasteiger partial charge >= 0.3 is 6.09 Å². The standard InChI is InChI=1S/C17H17N5O3/c1-3-12-25-17(24)21-11-7-10-20(21)16(23)15-13(2)18-22(19-15)14-8-5-4-6-9-14/h1,4-6,8-9H,7,10-12H2,2H3. The second-order valence-electron chi connectivity index (χ2n) is 5.42. The van der Waals surface area contributed by atoms with Gasteiger partial charge in [0.15, 0.2) is 12.3 Å². The van der Waals surface area contributed by atoms with Gasteiger partial charge in [0.2, 0.25) is 0 Å². The van der Waals surface area contributed by atoms with Crippen molar-refractivity contribution in [3.05, 3.63) is 41.7 Å². The fourth-order valence-corrected chi connectivity index (χ4v) is 2.57. The van der Waals surface area contributed by atoms with Gasteiger partial charge in [-0.25, -0.2) is 14.8 Å². The first-order valence-corrected chi connectivity index (χ1v) is 7.80. The summed E-state index contributed by atoms with van der Waals surface area (Å²) in [7, 11) is 0. The van der Waals surface area contributed by atoms with Crippen LogP contribution in [0.25, 0.3) is 5.69 Å². The van der Waals surface area contributed by atoms with E-state index in [2.05, 4.69) is 16.1 Å². The molecular formula is C17H17N5O3. The van der Waals surface area contributed by atoms with E-state index in [9.17, 15) is 9.59 Å². The average molecular weight is 339 g/mol. The Labute approximate surface area is 144 Å². The Kier molecular flexibility index (Phi) is 4.66. The first-order valence-electron chi connectivity index (χ1n) is 7.80. The minimum atomic E-state index is -0.642. The van der Waals surface area contributed by atoms with Crippen molar-refractivity contribution in [3.63, 3.8) is 0 Å². The highest BCUT2D eigenvalue weighted by atomic mass is 16.6. The third kappa shape index (κ3) is 3.30. The van der Waals surface area contributed by atoms with Gasteiger partial charge in [0.1, 0.15) is 0 Å². The zero-order chi connectivity index (χ0) is 17.8. The highest BCUT2D eigenvalue weighted by Crippen LogP contribution is 2.17. The van der Waals surface area contributed by atoms with Gasteiger partial charge in [-0.05, 0) is 25.5 Å². The molecule has 3 rings (SSSR count). The summed E-state index contributed by atoms with van der Waals surface area (Å²) in [5.41, 5.74) is 1.43. The fourth-order valence-electron chi connectivity index (χ4n) is 2.57. The number of rotatable bonds is 3. The number of para-hydroxylation sites is 1. The van der Waals surface area contributed by atoms with Gasteiger partial charge in [0, 0.05) is 13.1 Å². The highest BCUT2D eigenvalue weighted by Gasteiger charge is 2.34. The van der Waals surface area contributed by atoms with Crippen LogP contribution in [0, 0.1) is 19.3 Å². The first-order chi connectivity index (χ1) is 12.1. The van der Waals surface area contributed by atoms with Crippen LogP contribution in [0.2, 0.25) is 0 Å². The van der Waals surface area contributed by atoms with Gasteiger partial charge in [-0.15, -0.1) is 11.5 Å². The molecule has 0 unspecified atom stereocenters. The maximum absolute atomic E-state index is 12.8. The number of nitrogens with zero attached hydrogens (tertiary/aromatic N) is 5. The minimum absolute atomic E-state index is 0.138. The van der Waals surface area contributed by atoms with E-state index in [-0.39, 0.29) is 12.3 Å². The number of hydrogen-bond donors (Lipinski definition) is 0. The summed E-state index contributed by atoms with van der Waals surface area (Å²) in [6.45, 7) is 2.36. The maximum atomic E-state index is 12.8. The predicted octanol–water partition coefficient (Wildman–Crippen LogP) is 1.41. The van der Waals surface area contributed by atoms with Crippen LogP contribution in [-0.2, 0) is 4.74 Å². The lowest BCUT2D eigenvalue weighted by molar-refractivity contribution is 0.0160. The zero-order valence-corrected chi connectivity index (χ0v) is 13.8. The summed E-state index contributed by atoms with van der Waals surface area (Å²) in [6, 6.07) is 9.29. The number of hydrazine groups is 1. The van der Waals surface area contributed by atoms with E-state index in [1.54, 1.807) is 6.92 Å². The van der Waals surface area contributed by atoms with Crippen molar-refractivity contribution in [1.29, 1.82) is 0 Å². The Morgan fingerprint density at radius 3 is 2.64 bits per heavy atom. The van der Waals surface area contributed by atoms with Crippen molar-refractivity contribution < 1.29 is 14.3 Å². The van der Waals surface area contributed by atoms with Crippen LogP contribution in [-0.4, -0.2) is 56.7 Å². The van der Waals surface area contributed by atoms with Gasteiger partial charge in [-0.3, -0.25) is 4.79 Å². The number of ether oxygens (including phenoxy) is 1. The lowest BCUT2D eigenvalue weighted by Gasteiger charge is -2.26. The Morgan fingerprint density at radius 2 is 1.92 bits per heavy atom. The lowest BCUT2D eigenvalue weighted by Crippen LogP contribution is -2.45. The number of amides is 2. The van der Waals surface area contributed by atoms with Crippen molar-refractivity contribution in [2.45, 2.75) is 13.3 Å². The molecular weight excluding hydrogens is 322 g/mol. The van der Waals surface area contributed by atoms with Crippen LogP contribution < -0.4 is 0 Å². The van der Waals surface area contributed by atoms with Crippen molar-refractivity contribution in [3.8, 4) is 18.0 Å². The van der Waals surface area contributed by atoms with Gasteiger partial charge in [0.05, 0.1) is 11.4 Å². The number of carbonyl (C=O) groups is 2. The first kappa shape index (κ1) is 16.5. The number of aryl methyl sites for hydroxylation is 1. The molecule has 25 heavy (non-hydrogen) atoms. The Hall–Kier alpha value is -3.34. The van der Waals surface area contributed by atoms with Gasteiger partial charge in [-0.2, -0.15) is 9.90 Å². The zero-order valence-electron chi connectivity index (χ0n) is 13.8. The smallest absolute Gasteiger partial charge is 0.429 e. The Bertz CT molecular complexity index is 825. The molecule has 128 valence electrons. The molecule has 8 heteroatoms. The number of terminal acetylenes is 1. The molecule has 1 saturated heterocycles. The molecule has 2 heterocycles. The summed E-state index contributed by atoms with van der Waals surface area (Å²) in [4.78, 5) is 26.3. The molecule has 0 atom stereocenters. The highest BCUT2D eigenvalue weighted by molar-refractivity contribution is 5.94. The van der Waals surface area contributed by atoms with E-state index in [4.69, 9.17) is 11.2 Å².